The van der Waals surface area contributed by atoms with Gasteiger partial charge in [0, 0.05) is 11.4 Å². The lowest BCUT2D eigenvalue weighted by atomic mass is 10.0. The predicted molar refractivity (Wildman–Crippen MR) is 54.8 cm³/mol. The Morgan fingerprint density at radius 2 is 2.25 bits per heavy atom. The Morgan fingerprint density at radius 1 is 1.50 bits per heavy atom. The van der Waals surface area contributed by atoms with E-state index in [9.17, 15) is 0 Å². The van der Waals surface area contributed by atoms with Gasteiger partial charge in [0.05, 0.1) is 0 Å². The number of rotatable bonds is 3. The number of unbranched alkanes of at least 4 members (excludes halogenated alkanes) is 1. The smallest absolute Gasteiger partial charge is 0.0489 e. The highest BCUT2D eigenvalue weighted by molar-refractivity contribution is 6.21. The summed E-state index contributed by atoms with van der Waals surface area (Å²) in [5.41, 5.74) is 0. The molecule has 0 aliphatic carbocycles. The largest absolute Gasteiger partial charge is 0.299 e. The lowest BCUT2D eigenvalue weighted by Crippen LogP contribution is -2.44. The molecule has 2 atom stereocenters. The van der Waals surface area contributed by atoms with E-state index < -0.39 is 0 Å². The molecule has 0 aromatic heterocycles. The molecule has 0 N–H and O–H groups in total. The molecule has 1 fully saturated rings. The van der Waals surface area contributed by atoms with Crippen LogP contribution in [-0.4, -0.2) is 29.4 Å². The first-order valence-electron chi connectivity index (χ1n) is 5.13. The summed E-state index contributed by atoms with van der Waals surface area (Å²) < 4.78 is 0. The van der Waals surface area contributed by atoms with Crippen LogP contribution in [0.3, 0.4) is 0 Å². The number of hydrogen-bond donors (Lipinski definition) is 0. The van der Waals surface area contributed by atoms with E-state index in [1.807, 2.05) is 0 Å². The van der Waals surface area contributed by atoms with Gasteiger partial charge in [0.25, 0.3) is 0 Å². The lowest BCUT2D eigenvalue weighted by Gasteiger charge is -2.36. The van der Waals surface area contributed by atoms with E-state index in [2.05, 4.69) is 18.7 Å². The first kappa shape index (κ1) is 10.3. The van der Waals surface area contributed by atoms with Crippen molar-refractivity contribution in [1.82, 2.24) is 4.90 Å². The maximum absolute atomic E-state index is 6.20. The van der Waals surface area contributed by atoms with Crippen molar-refractivity contribution in [3.8, 4) is 0 Å². The van der Waals surface area contributed by atoms with E-state index in [0.29, 0.717) is 11.4 Å². The van der Waals surface area contributed by atoms with Gasteiger partial charge in [-0.25, -0.2) is 0 Å². The van der Waals surface area contributed by atoms with Crippen molar-refractivity contribution in [2.45, 2.75) is 50.9 Å². The normalized spacial score (nSPS) is 32.2. The monoisotopic (exact) mass is 189 g/mol. The summed E-state index contributed by atoms with van der Waals surface area (Å²) in [7, 11) is 0. The van der Waals surface area contributed by atoms with Crippen LogP contribution in [0.2, 0.25) is 0 Å². The van der Waals surface area contributed by atoms with Crippen molar-refractivity contribution in [3.05, 3.63) is 0 Å². The highest BCUT2D eigenvalue weighted by Crippen LogP contribution is 2.22. The summed E-state index contributed by atoms with van der Waals surface area (Å²) in [5, 5.41) is 0.385. The van der Waals surface area contributed by atoms with E-state index in [1.54, 1.807) is 0 Å². The topological polar surface area (TPSA) is 3.24 Å². The molecule has 72 valence electrons. The van der Waals surface area contributed by atoms with Crippen molar-refractivity contribution in [2.24, 2.45) is 0 Å². The van der Waals surface area contributed by atoms with Gasteiger partial charge < -0.3 is 0 Å². The van der Waals surface area contributed by atoms with Crippen molar-refractivity contribution < 1.29 is 0 Å². The van der Waals surface area contributed by atoms with Crippen molar-refractivity contribution in [3.63, 3.8) is 0 Å². The number of nitrogens with zero attached hydrogens (tertiary/aromatic N) is 1. The van der Waals surface area contributed by atoms with Crippen LogP contribution in [0.5, 0.6) is 0 Å². The number of hydrogen-bond acceptors (Lipinski definition) is 1. The first-order chi connectivity index (χ1) is 5.75. The van der Waals surface area contributed by atoms with Gasteiger partial charge in [0.15, 0.2) is 0 Å². The molecule has 0 bridgehead atoms. The second-order valence-corrected chi connectivity index (χ2v) is 4.35. The maximum Gasteiger partial charge on any atom is 0.0489 e. The standard InChI is InChI=1S/C10H20ClN/c1-3-4-7-12-8-5-6-10(11)9(12)2/h9-10H,3-8H2,1-2H3/t9-,10+/m0/s1. The Balaban J connectivity index is 2.30. The van der Waals surface area contributed by atoms with Gasteiger partial charge in [-0.3, -0.25) is 4.90 Å². The molecular formula is C10H20ClN. The van der Waals surface area contributed by atoms with Crippen LogP contribution in [0.4, 0.5) is 0 Å². The van der Waals surface area contributed by atoms with E-state index >= 15 is 0 Å². The van der Waals surface area contributed by atoms with Crippen LogP contribution in [0.25, 0.3) is 0 Å². The fourth-order valence-electron chi connectivity index (χ4n) is 1.84. The third-order valence-electron chi connectivity index (χ3n) is 2.82. The predicted octanol–water partition coefficient (Wildman–Crippen LogP) is 2.88. The van der Waals surface area contributed by atoms with Crippen molar-refractivity contribution in [1.29, 1.82) is 0 Å². The Morgan fingerprint density at radius 3 is 2.92 bits per heavy atom. The molecule has 12 heavy (non-hydrogen) atoms. The van der Waals surface area contributed by atoms with Crippen LogP contribution < -0.4 is 0 Å². The molecular weight excluding hydrogens is 170 g/mol. The van der Waals surface area contributed by atoms with E-state index in [0.717, 1.165) is 0 Å². The van der Waals surface area contributed by atoms with E-state index in [-0.39, 0.29) is 0 Å². The second-order valence-electron chi connectivity index (χ2n) is 3.79. The Labute approximate surface area is 81.1 Å². The molecule has 0 unspecified atom stereocenters. The molecule has 0 amide bonds. The molecule has 2 heteroatoms. The van der Waals surface area contributed by atoms with Gasteiger partial charge in [-0.2, -0.15) is 0 Å². The summed E-state index contributed by atoms with van der Waals surface area (Å²) in [6.07, 6.45) is 5.08. The quantitative estimate of drug-likeness (QED) is 0.618. The number of piperidine rings is 1. The molecule has 0 spiro atoms. The second kappa shape index (κ2) is 5.08. The number of alkyl halides is 1. The molecule has 1 aliphatic rings. The van der Waals surface area contributed by atoms with Crippen LogP contribution in [-0.2, 0) is 0 Å². The average molecular weight is 190 g/mol. The average Bonchev–Trinajstić information content (AvgIpc) is 2.08. The fourth-order valence-corrected chi connectivity index (χ4v) is 2.15. The van der Waals surface area contributed by atoms with Crippen molar-refractivity contribution >= 4 is 11.6 Å². The van der Waals surface area contributed by atoms with Gasteiger partial charge >= 0.3 is 0 Å². The zero-order chi connectivity index (χ0) is 8.97. The minimum Gasteiger partial charge on any atom is -0.299 e. The summed E-state index contributed by atoms with van der Waals surface area (Å²) in [6, 6.07) is 0.590. The van der Waals surface area contributed by atoms with Gasteiger partial charge in [0.2, 0.25) is 0 Å². The Hall–Kier alpha value is 0.250. The minimum absolute atomic E-state index is 0.385. The van der Waals surface area contributed by atoms with Gasteiger partial charge in [-0.05, 0) is 39.3 Å². The molecule has 1 nitrogen and oxygen atoms in total. The van der Waals surface area contributed by atoms with Gasteiger partial charge in [-0.15, -0.1) is 11.6 Å². The van der Waals surface area contributed by atoms with E-state index in [1.165, 1.54) is 38.8 Å². The molecule has 0 radical (unpaired) electrons. The zero-order valence-electron chi connectivity index (χ0n) is 8.22. The third-order valence-corrected chi connectivity index (χ3v) is 3.41. The first-order valence-corrected chi connectivity index (χ1v) is 5.57. The van der Waals surface area contributed by atoms with Crippen LogP contribution in [0, 0.1) is 0 Å². The Kier molecular flexibility index (Phi) is 4.38. The molecule has 0 saturated carbocycles. The van der Waals surface area contributed by atoms with Crippen LogP contribution in [0.15, 0.2) is 0 Å². The van der Waals surface area contributed by atoms with Crippen LogP contribution >= 0.6 is 11.6 Å². The number of halogens is 1. The molecule has 1 saturated heterocycles. The summed E-state index contributed by atoms with van der Waals surface area (Å²) in [6.45, 7) is 6.99. The molecule has 0 aromatic rings. The van der Waals surface area contributed by atoms with Gasteiger partial charge in [-0.1, -0.05) is 13.3 Å². The molecule has 0 aromatic carbocycles. The minimum atomic E-state index is 0.385. The number of likely N-dealkylation sites (tertiary alicyclic amines) is 1. The van der Waals surface area contributed by atoms with Crippen molar-refractivity contribution in [2.75, 3.05) is 13.1 Å². The van der Waals surface area contributed by atoms with Crippen LogP contribution in [0.1, 0.15) is 39.5 Å². The maximum atomic E-state index is 6.20. The SMILES string of the molecule is CCCCN1CCC[C@@H](Cl)[C@@H]1C. The highest BCUT2D eigenvalue weighted by Gasteiger charge is 2.25. The zero-order valence-corrected chi connectivity index (χ0v) is 8.98. The fraction of sp³-hybridized carbons (Fsp3) is 1.00. The molecule has 1 aliphatic heterocycles. The van der Waals surface area contributed by atoms with Gasteiger partial charge in [0.1, 0.15) is 0 Å². The lowest BCUT2D eigenvalue weighted by molar-refractivity contribution is 0.162. The molecule has 1 heterocycles. The molecule has 1 rings (SSSR count). The third kappa shape index (κ3) is 2.63. The summed E-state index contributed by atoms with van der Waals surface area (Å²) in [5.74, 6) is 0. The summed E-state index contributed by atoms with van der Waals surface area (Å²) in [4.78, 5) is 2.53. The highest BCUT2D eigenvalue weighted by atomic mass is 35.5. The Bertz CT molecular complexity index is 127. The van der Waals surface area contributed by atoms with E-state index in [4.69, 9.17) is 11.6 Å². The summed E-state index contributed by atoms with van der Waals surface area (Å²) >= 11 is 6.20.